The van der Waals surface area contributed by atoms with Crippen LogP contribution >= 0.6 is 0 Å². The lowest BCUT2D eigenvalue weighted by Crippen LogP contribution is -2.27. The van der Waals surface area contributed by atoms with Crippen LogP contribution in [0.15, 0.2) is 16.9 Å². The largest absolute Gasteiger partial charge is 0.352 e. The topological polar surface area (TPSA) is 98.7 Å². The Kier molecular flexibility index (Phi) is 4.60. The molecule has 2 saturated carbocycles. The molecular weight excluding hydrogens is 380 g/mol. The van der Waals surface area contributed by atoms with Crippen LogP contribution in [0.4, 0.5) is 0 Å². The third-order valence-electron chi connectivity index (χ3n) is 5.70. The SMILES string of the molecule is CC(C)(C)Cc1noc2nc(C3CC3)cc(C(=O)NCCc3nncn3C3CC3)c12. The van der Waals surface area contributed by atoms with Gasteiger partial charge in [-0.1, -0.05) is 25.9 Å². The third-order valence-corrected chi connectivity index (χ3v) is 5.70. The Morgan fingerprint density at radius 3 is 2.77 bits per heavy atom. The van der Waals surface area contributed by atoms with Crippen molar-refractivity contribution in [2.75, 3.05) is 6.54 Å². The molecule has 158 valence electrons. The quantitative estimate of drug-likeness (QED) is 0.641. The number of fused-ring (bicyclic) bond motifs is 1. The van der Waals surface area contributed by atoms with Gasteiger partial charge in [-0.2, -0.15) is 0 Å². The summed E-state index contributed by atoms with van der Waals surface area (Å²) in [5, 5.41) is 16.3. The highest BCUT2D eigenvalue weighted by molar-refractivity contribution is 6.06. The van der Waals surface area contributed by atoms with Crippen LogP contribution in [-0.4, -0.2) is 37.4 Å². The monoisotopic (exact) mass is 408 g/mol. The normalized spacial score (nSPS) is 16.9. The van der Waals surface area contributed by atoms with Gasteiger partial charge in [-0.3, -0.25) is 4.79 Å². The molecule has 0 aromatic carbocycles. The van der Waals surface area contributed by atoms with Gasteiger partial charge >= 0.3 is 0 Å². The summed E-state index contributed by atoms with van der Waals surface area (Å²) in [6.07, 6.45) is 7.75. The summed E-state index contributed by atoms with van der Waals surface area (Å²) in [5.41, 5.74) is 2.84. The van der Waals surface area contributed by atoms with E-state index in [0.717, 1.165) is 41.9 Å². The van der Waals surface area contributed by atoms with Gasteiger partial charge in [0.25, 0.3) is 11.6 Å². The first kappa shape index (κ1) is 19.2. The second kappa shape index (κ2) is 7.18. The van der Waals surface area contributed by atoms with Crippen molar-refractivity contribution in [3.05, 3.63) is 35.2 Å². The molecule has 0 spiro atoms. The van der Waals surface area contributed by atoms with Gasteiger partial charge in [0.15, 0.2) is 0 Å². The lowest BCUT2D eigenvalue weighted by Gasteiger charge is -2.16. The first-order valence-corrected chi connectivity index (χ1v) is 10.8. The molecule has 8 nitrogen and oxygen atoms in total. The van der Waals surface area contributed by atoms with E-state index < -0.39 is 0 Å². The fraction of sp³-hybridized carbons (Fsp3) is 0.591. The number of pyridine rings is 1. The van der Waals surface area contributed by atoms with E-state index in [1.54, 1.807) is 6.33 Å². The molecule has 0 bridgehead atoms. The van der Waals surface area contributed by atoms with Crippen molar-refractivity contribution in [3.63, 3.8) is 0 Å². The number of hydrogen-bond donors (Lipinski definition) is 1. The molecule has 0 aliphatic heterocycles. The number of amides is 1. The van der Waals surface area contributed by atoms with E-state index in [1.165, 1.54) is 12.8 Å². The van der Waals surface area contributed by atoms with Crippen LogP contribution in [0.5, 0.6) is 0 Å². The molecule has 3 aromatic rings. The number of nitrogens with zero attached hydrogens (tertiary/aromatic N) is 5. The highest BCUT2D eigenvalue weighted by Gasteiger charge is 2.30. The maximum Gasteiger partial charge on any atom is 0.259 e. The van der Waals surface area contributed by atoms with E-state index in [9.17, 15) is 4.79 Å². The molecule has 3 heterocycles. The third kappa shape index (κ3) is 3.95. The number of carbonyl (C=O) groups is 1. The van der Waals surface area contributed by atoms with Crippen molar-refractivity contribution in [1.29, 1.82) is 0 Å². The standard InChI is InChI=1S/C22H28N6O2/c1-22(2,3)11-17-19-15(10-16(13-4-5-13)25-21(19)30-27-17)20(29)23-9-8-18-26-24-12-28(18)14-6-7-14/h10,12-14H,4-9,11H2,1-3H3,(H,23,29). The Morgan fingerprint density at radius 1 is 1.27 bits per heavy atom. The maximum absolute atomic E-state index is 13.2. The van der Waals surface area contributed by atoms with E-state index in [4.69, 9.17) is 4.52 Å². The minimum absolute atomic E-state index is 0.0274. The summed E-state index contributed by atoms with van der Waals surface area (Å²) < 4.78 is 7.68. The molecule has 0 saturated heterocycles. The maximum atomic E-state index is 13.2. The Hall–Kier alpha value is -2.77. The van der Waals surface area contributed by atoms with Crippen LogP contribution in [0.2, 0.25) is 0 Å². The zero-order valence-corrected chi connectivity index (χ0v) is 17.8. The van der Waals surface area contributed by atoms with Crippen molar-refractivity contribution in [2.45, 2.75) is 71.3 Å². The van der Waals surface area contributed by atoms with Gasteiger partial charge < -0.3 is 14.4 Å². The molecule has 3 aromatic heterocycles. The van der Waals surface area contributed by atoms with E-state index >= 15 is 0 Å². The Balaban J connectivity index is 1.38. The van der Waals surface area contributed by atoms with E-state index in [1.807, 2.05) is 6.07 Å². The van der Waals surface area contributed by atoms with E-state index in [-0.39, 0.29) is 11.3 Å². The number of aromatic nitrogens is 5. The van der Waals surface area contributed by atoms with Gasteiger partial charge in [0.2, 0.25) is 0 Å². The minimum atomic E-state index is -0.111. The summed E-state index contributed by atoms with van der Waals surface area (Å²) in [6, 6.07) is 2.47. The molecule has 30 heavy (non-hydrogen) atoms. The van der Waals surface area contributed by atoms with Gasteiger partial charge in [-0.15, -0.1) is 10.2 Å². The number of rotatable bonds is 7. The molecule has 2 aliphatic carbocycles. The van der Waals surface area contributed by atoms with Crippen molar-refractivity contribution >= 4 is 17.0 Å². The Labute approximate surface area is 175 Å². The fourth-order valence-corrected chi connectivity index (χ4v) is 3.91. The highest BCUT2D eigenvalue weighted by atomic mass is 16.5. The molecular formula is C22H28N6O2. The summed E-state index contributed by atoms with van der Waals surface area (Å²) in [4.78, 5) is 17.8. The van der Waals surface area contributed by atoms with Crippen molar-refractivity contribution in [2.24, 2.45) is 5.41 Å². The van der Waals surface area contributed by atoms with Gasteiger partial charge in [0.1, 0.15) is 12.2 Å². The average Bonchev–Trinajstić information content (AvgIpc) is 3.62. The van der Waals surface area contributed by atoms with Gasteiger partial charge in [-0.25, -0.2) is 4.98 Å². The molecule has 8 heteroatoms. The Morgan fingerprint density at radius 2 is 2.07 bits per heavy atom. The number of carbonyl (C=O) groups excluding carboxylic acids is 1. The van der Waals surface area contributed by atoms with Crippen molar-refractivity contribution < 1.29 is 9.32 Å². The number of hydrogen-bond acceptors (Lipinski definition) is 6. The molecule has 1 amide bonds. The summed E-state index contributed by atoms with van der Waals surface area (Å²) >= 11 is 0. The van der Waals surface area contributed by atoms with E-state index in [0.29, 0.717) is 36.2 Å². The molecule has 0 atom stereocenters. The van der Waals surface area contributed by atoms with Gasteiger partial charge in [-0.05, 0) is 43.6 Å². The van der Waals surface area contributed by atoms with Gasteiger partial charge in [0.05, 0.1) is 16.6 Å². The average molecular weight is 409 g/mol. The second-order valence-electron chi connectivity index (χ2n) is 9.81. The smallest absolute Gasteiger partial charge is 0.259 e. The highest BCUT2D eigenvalue weighted by Crippen LogP contribution is 2.41. The van der Waals surface area contributed by atoms with Crippen LogP contribution in [0.1, 0.15) is 86.0 Å². The zero-order chi connectivity index (χ0) is 20.9. The fourth-order valence-electron chi connectivity index (χ4n) is 3.91. The summed E-state index contributed by atoms with van der Waals surface area (Å²) in [7, 11) is 0. The molecule has 0 unspecified atom stereocenters. The molecule has 0 radical (unpaired) electrons. The molecule has 2 aliphatic rings. The van der Waals surface area contributed by atoms with Gasteiger partial charge in [0, 0.05) is 30.6 Å². The van der Waals surface area contributed by atoms with Crippen molar-refractivity contribution in [3.8, 4) is 0 Å². The first-order chi connectivity index (χ1) is 14.4. The first-order valence-electron chi connectivity index (χ1n) is 10.8. The van der Waals surface area contributed by atoms with Crippen LogP contribution in [0.3, 0.4) is 0 Å². The van der Waals surface area contributed by atoms with E-state index in [2.05, 4.69) is 51.0 Å². The minimum Gasteiger partial charge on any atom is -0.352 e. The van der Waals surface area contributed by atoms with Crippen LogP contribution in [0, 0.1) is 5.41 Å². The molecule has 5 rings (SSSR count). The predicted molar refractivity (Wildman–Crippen MR) is 111 cm³/mol. The van der Waals surface area contributed by atoms with Crippen LogP contribution < -0.4 is 5.32 Å². The summed E-state index contributed by atoms with van der Waals surface area (Å²) in [6.45, 7) is 6.95. The number of nitrogens with one attached hydrogen (secondary N) is 1. The van der Waals surface area contributed by atoms with Crippen molar-refractivity contribution in [1.82, 2.24) is 30.2 Å². The second-order valence-corrected chi connectivity index (χ2v) is 9.81. The predicted octanol–water partition coefficient (Wildman–Crippen LogP) is 3.59. The molecule has 1 N–H and O–H groups in total. The summed E-state index contributed by atoms with van der Waals surface area (Å²) in [5.74, 6) is 1.24. The Bertz CT molecular complexity index is 1080. The lowest BCUT2D eigenvalue weighted by atomic mass is 9.89. The molecule has 2 fully saturated rings. The van der Waals surface area contributed by atoms with Crippen LogP contribution in [0.25, 0.3) is 11.1 Å². The lowest BCUT2D eigenvalue weighted by molar-refractivity contribution is 0.0955. The van der Waals surface area contributed by atoms with Crippen LogP contribution in [-0.2, 0) is 12.8 Å². The zero-order valence-electron chi connectivity index (χ0n) is 17.8.